The highest BCUT2D eigenvalue weighted by molar-refractivity contribution is 5.89. The summed E-state index contributed by atoms with van der Waals surface area (Å²) in [6.07, 6.45) is 0. The first kappa shape index (κ1) is 16.0. The van der Waals surface area contributed by atoms with E-state index in [1.54, 1.807) is 19.9 Å². The number of carbonyl (C=O) groups is 2. The Morgan fingerprint density at radius 2 is 2.00 bits per heavy atom. The van der Waals surface area contributed by atoms with Crippen molar-refractivity contribution in [3.8, 4) is 0 Å². The molecule has 4 N–H and O–H groups in total. The van der Waals surface area contributed by atoms with Gasteiger partial charge in [-0.25, -0.2) is 4.79 Å². The molecule has 1 aromatic carbocycles. The predicted molar refractivity (Wildman–Crippen MR) is 77.6 cm³/mol. The maximum atomic E-state index is 11.8. The van der Waals surface area contributed by atoms with Gasteiger partial charge in [0.05, 0.1) is 5.92 Å². The molecule has 0 aliphatic heterocycles. The maximum absolute atomic E-state index is 11.8. The lowest BCUT2D eigenvalue weighted by Gasteiger charge is -2.18. The normalized spacial score (nSPS) is 13.3. The average molecular weight is 279 g/mol. The monoisotopic (exact) mass is 279 g/mol. The molecular weight excluding hydrogens is 258 g/mol. The average Bonchev–Trinajstić information content (AvgIpc) is 2.38. The number of carboxylic acids is 1. The Balaban J connectivity index is 2.58. The van der Waals surface area contributed by atoms with Gasteiger partial charge in [0.15, 0.2) is 0 Å². The number of hydrogen-bond donors (Lipinski definition) is 4. The molecule has 0 aliphatic rings. The fourth-order valence-corrected chi connectivity index (χ4v) is 1.68. The van der Waals surface area contributed by atoms with Crippen molar-refractivity contribution in [1.82, 2.24) is 10.6 Å². The lowest BCUT2D eigenvalue weighted by atomic mass is 10.0. The molecule has 2 unspecified atom stereocenters. The van der Waals surface area contributed by atoms with Crippen molar-refractivity contribution in [2.45, 2.75) is 26.4 Å². The van der Waals surface area contributed by atoms with E-state index in [9.17, 15) is 9.59 Å². The third-order valence-electron chi connectivity index (χ3n) is 3.06. The van der Waals surface area contributed by atoms with Crippen molar-refractivity contribution in [1.29, 1.82) is 0 Å². The Morgan fingerprint density at radius 1 is 1.30 bits per heavy atom. The molecule has 0 aliphatic carbocycles. The molecule has 0 radical (unpaired) electrons. The van der Waals surface area contributed by atoms with Crippen molar-refractivity contribution in [3.63, 3.8) is 0 Å². The second-order valence-corrected chi connectivity index (χ2v) is 4.74. The van der Waals surface area contributed by atoms with Gasteiger partial charge in [-0.05, 0) is 38.6 Å². The molecular formula is C14H21N3O3. The van der Waals surface area contributed by atoms with E-state index in [1.807, 2.05) is 25.2 Å². The molecule has 0 saturated heterocycles. The quantitative estimate of drug-likeness (QED) is 0.637. The summed E-state index contributed by atoms with van der Waals surface area (Å²) in [5.74, 6) is -1.58. The maximum Gasteiger partial charge on any atom is 0.319 e. The molecule has 2 atom stereocenters. The fraction of sp³-hybridized carbons (Fsp3) is 0.429. The Labute approximate surface area is 118 Å². The molecule has 1 aromatic rings. The van der Waals surface area contributed by atoms with Gasteiger partial charge in [0.2, 0.25) is 0 Å². The van der Waals surface area contributed by atoms with Crippen LogP contribution in [0.4, 0.5) is 10.5 Å². The van der Waals surface area contributed by atoms with Crippen molar-refractivity contribution in [2.24, 2.45) is 5.92 Å². The second kappa shape index (κ2) is 7.49. The third-order valence-corrected chi connectivity index (χ3v) is 3.06. The number of hydrogen-bond acceptors (Lipinski definition) is 3. The van der Waals surface area contributed by atoms with Gasteiger partial charge in [-0.1, -0.05) is 12.1 Å². The predicted octanol–water partition coefficient (Wildman–Crippen LogP) is 1.64. The molecule has 0 bridgehead atoms. The molecule has 0 spiro atoms. The summed E-state index contributed by atoms with van der Waals surface area (Å²) < 4.78 is 0. The van der Waals surface area contributed by atoms with E-state index in [-0.39, 0.29) is 0 Å². The smallest absolute Gasteiger partial charge is 0.319 e. The van der Waals surface area contributed by atoms with Crippen molar-refractivity contribution in [2.75, 3.05) is 12.4 Å². The largest absolute Gasteiger partial charge is 0.481 e. The van der Waals surface area contributed by atoms with Gasteiger partial charge >= 0.3 is 12.0 Å². The van der Waals surface area contributed by atoms with Gasteiger partial charge in [-0.2, -0.15) is 0 Å². The van der Waals surface area contributed by atoms with Gasteiger partial charge < -0.3 is 21.1 Å². The highest BCUT2D eigenvalue weighted by Gasteiger charge is 2.20. The van der Waals surface area contributed by atoms with Crippen LogP contribution in [0.5, 0.6) is 0 Å². The van der Waals surface area contributed by atoms with Crippen LogP contribution in [0.1, 0.15) is 19.4 Å². The first-order chi connectivity index (χ1) is 9.43. The topological polar surface area (TPSA) is 90.5 Å². The summed E-state index contributed by atoms with van der Waals surface area (Å²) in [7, 11) is 1.85. The van der Waals surface area contributed by atoms with E-state index in [1.165, 1.54) is 0 Å². The van der Waals surface area contributed by atoms with E-state index in [0.29, 0.717) is 12.2 Å². The van der Waals surface area contributed by atoms with Crippen LogP contribution in [0.25, 0.3) is 0 Å². The number of anilines is 1. The lowest BCUT2D eigenvalue weighted by molar-refractivity contribution is -0.141. The van der Waals surface area contributed by atoms with Gasteiger partial charge in [0.25, 0.3) is 0 Å². The Bertz CT molecular complexity index is 476. The Hall–Kier alpha value is -2.08. The van der Waals surface area contributed by atoms with Crippen LogP contribution < -0.4 is 16.0 Å². The summed E-state index contributed by atoms with van der Waals surface area (Å²) in [5.41, 5.74) is 1.72. The van der Waals surface area contributed by atoms with E-state index in [2.05, 4.69) is 16.0 Å². The van der Waals surface area contributed by atoms with Crippen molar-refractivity contribution in [3.05, 3.63) is 29.8 Å². The minimum atomic E-state index is -0.936. The zero-order valence-corrected chi connectivity index (χ0v) is 11.9. The van der Waals surface area contributed by atoms with Gasteiger partial charge in [-0.15, -0.1) is 0 Å². The summed E-state index contributed by atoms with van der Waals surface area (Å²) in [4.78, 5) is 22.6. The number of aliphatic carboxylic acids is 1. The van der Waals surface area contributed by atoms with E-state index >= 15 is 0 Å². The zero-order valence-electron chi connectivity index (χ0n) is 11.9. The minimum Gasteiger partial charge on any atom is -0.481 e. The molecule has 110 valence electrons. The third kappa shape index (κ3) is 4.89. The Kier molecular flexibility index (Phi) is 5.99. The molecule has 0 heterocycles. The van der Waals surface area contributed by atoms with Crippen molar-refractivity contribution < 1.29 is 14.7 Å². The number of carboxylic acid groups (broad SMARTS) is 1. The number of amides is 2. The highest BCUT2D eigenvalue weighted by atomic mass is 16.4. The second-order valence-electron chi connectivity index (χ2n) is 4.74. The summed E-state index contributed by atoms with van der Waals surface area (Å²) in [6.45, 7) is 3.93. The first-order valence-electron chi connectivity index (χ1n) is 6.48. The van der Waals surface area contributed by atoms with Crippen LogP contribution in [0.15, 0.2) is 24.3 Å². The van der Waals surface area contributed by atoms with Gasteiger partial charge in [-0.3, -0.25) is 4.79 Å². The molecule has 0 aromatic heterocycles. The van der Waals surface area contributed by atoms with E-state index in [4.69, 9.17) is 5.11 Å². The van der Waals surface area contributed by atoms with Crippen LogP contribution >= 0.6 is 0 Å². The van der Waals surface area contributed by atoms with Crippen molar-refractivity contribution >= 4 is 17.7 Å². The molecule has 6 heteroatoms. The molecule has 1 rings (SSSR count). The SMILES string of the molecule is CNCc1cccc(NC(=O)NC(C)C(C)C(=O)O)c1. The van der Waals surface area contributed by atoms with Crippen LogP contribution in [-0.4, -0.2) is 30.2 Å². The van der Waals surface area contributed by atoms with Crippen LogP contribution in [0, 0.1) is 5.92 Å². The highest BCUT2D eigenvalue weighted by Crippen LogP contribution is 2.11. The van der Waals surface area contributed by atoms with Crippen LogP contribution in [0.3, 0.4) is 0 Å². The number of carbonyl (C=O) groups excluding carboxylic acids is 1. The van der Waals surface area contributed by atoms with Crippen LogP contribution in [0.2, 0.25) is 0 Å². The molecule has 0 fully saturated rings. The number of urea groups is 1. The minimum absolute atomic E-state index is 0.410. The molecule has 20 heavy (non-hydrogen) atoms. The van der Waals surface area contributed by atoms with Gasteiger partial charge in [0.1, 0.15) is 0 Å². The first-order valence-corrected chi connectivity index (χ1v) is 6.48. The zero-order chi connectivity index (χ0) is 15.1. The fourth-order valence-electron chi connectivity index (χ4n) is 1.68. The molecule has 0 saturated carbocycles. The summed E-state index contributed by atoms with van der Waals surface area (Å²) >= 11 is 0. The lowest BCUT2D eigenvalue weighted by Crippen LogP contribution is -2.42. The van der Waals surface area contributed by atoms with E-state index < -0.39 is 24.0 Å². The summed E-state index contributed by atoms with van der Waals surface area (Å²) in [6, 6.07) is 6.59. The Morgan fingerprint density at radius 3 is 2.60 bits per heavy atom. The standard InChI is InChI=1S/C14H21N3O3/c1-9(13(18)19)10(2)16-14(20)17-12-6-4-5-11(7-12)8-15-3/h4-7,9-10,15H,8H2,1-3H3,(H,18,19)(H2,16,17,20). The van der Waals surface area contributed by atoms with E-state index in [0.717, 1.165) is 5.56 Å². The number of nitrogens with one attached hydrogen (secondary N) is 3. The number of rotatable bonds is 6. The molecule has 2 amide bonds. The summed E-state index contributed by atoms with van der Waals surface area (Å²) in [5, 5.41) is 17.2. The van der Waals surface area contributed by atoms with Gasteiger partial charge in [0, 0.05) is 18.3 Å². The van der Waals surface area contributed by atoms with Crippen LogP contribution in [-0.2, 0) is 11.3 Å². The number of benzene rings is 1. The molecule has 6 nitrogen and oxygen atoms in total.